The number of hydrogen-bond acceptors (Lipinski definition) is 2. The van der Waals surface area contributed by atoms with Crippen LogP contribution in [0.2, 0.25) is 0 Å². The van der Waals surface area contributed by atoms with Crippen molar-refractivity contribution in [1.29, 1.82) is 0 Å². The predicted octanol–water partition coefficient (Wildman–Crippen LogP) is 0.983. The number of H-pyrrole nitrogens is 1. The molecule has 0 aliphatic heterocycles. The third-order valence-corrected chi connectivity index (χ3v) is 2.26. The van der Waals surface area contributed by atoms with E-state index in [4.69, 9.17) is 5.11 Å². The van der Waals surface area contributed by atoms with Gasteiger partial charge in [0.25, 0.3) is 0 Å². The normalized spacial score (nSPS) is 9.75. The molecule has 0 saturated carbocycles. The van der Waals surface area contributed by atoms with Gasteiger partial charge in [0.15, 0.2) is 0 Å². The Kier molecular flexibility index (Phi) is 4.22. The van der Waals surface area contributed by atoms with E-state index < -0.39 is 11.8 Å². The van der Waals surface area contributed by atoms with Crippen molar-refractivity contribution in [2.75, 3.05) is 0 Å². The predicted molar refractivity (Wildman–Crippen MR) is 60.4 cm³/mol. The second-order valence-electron chi connectivity index (χ2n) is 3.26. The quantitative estimate of drug-likeness (QED) is 0.586. The molecule has 1 heterocycles. The van der Waals surface area contributed by atoms with Crippen molar-refractivity contribution in [3.8, 4) is 0 Å². The average molecular weight is 410 g/mol. The zero-order chi connectivity index (χ0) is 10.8. The van der Waals surface area contributed by atoms with Crippen molar-refractivity contribution in [2.24, 2.45) is 0 Å². The van der Waals surface area contributed by atoms with E-state index in [0.29, 0.717) is 0 Å². The first-order valence-electron chi connectivity index (χ1n) is 4.49. The number of aliphatic carboxylic acids is 1. The standard InChI is InChI=1S/C11H9NO3.Pb/c13-10(11(14)15)5-7-6-12-9-4-2-1-3-8(7)9;/h1-4,6,12H,5H2,(H,14,15);. The summed E-state index contributed by atoms with van der Waals surface area (Å²) in [5.41, 5.74) is 1.63. The van der Waals surface area contributed by atoms with Crippen molar-refractivity contribution in [3.63, 3.8) is 0 Å². The number of carbonyl (C=O) groups is 2. The Morgan fingerprint density at radius 3 is 2.62 bits per heavy atom. The Morgan fingerprint density at radius 1 is 1.25 bits per heavy atom. The number of nitrogens with one attached hydrogen (secondary N) is 1. The number of aromatic amines is 1. The van der Waals surface area contributed by atoms with Crippen LogP contribution in [0.4, 0.5) is 0 Å². The third kappa shape index (κ3) is 2.49. The summed E-state index contributed by atoms with van der Waals surface area (Å²) in [6.07, 6.45) is 1.60. The smallest absolute Gasteiger partial charge is 0.372 e. The molecule has 16 heavy (non-hydrogen) atoms. The van der Waals surface area contributed by atoms with E-state index in [9.17, 15) is 9.59 Å². The molecule has 2 rings (SSSR count). The maximum absolute atomic E-state index is 11.0. The molecule has 0 amide bonds. The van der Waals surface area contributed by atoms with Crippen LogP contribution in [0.15, 0.2) is 30.5 Å². The van der Waals surface area contributed by atoms with E-state index >= 15 is 0 Å². The van der Waals surface area contributed by atoms with Gasteiger partial charge in [-0.2, -0.15) is 0 Å². The van der Waals surface area contributed by atoms with Gasteiger partial charge in [0.2, 0.25) is 5.78 Å². The number of fused-ring (bicyclic) bond motifs is 1. The number of para-hydroxylation sites is 1. The minimum absolute atomic E-state index is 0. The van der Waals surface area contributed by atoms with Gasteiger partial charge in [0.05, 0.1) is 0 Å². The molecule has 0 bridgehead atoms. The molecule has 0 fully saturated rings. The summed E-state index contributed by atoms with van der Waals surface area (Å²) >= 11 is 0. The van der Waals surface area contributed by atoms with Gasteiger partial charge in [-0.05, 0) is 11.6 Å². The topological polar surface area (TPSA) is 70.2 Å². The molecule has 0 spiro atoms. The van der Waals surface area contributed by atoms with Crippen LogP contribution in [0.25, 0.3) is 10.9 Å². The summed E-state index contributed by atoms with van der Waals surface area (Å²) in [6.45, 7) is 0. The summed E-state index contributed by atoms with van der Waals surface area (Å²) < 4.78 is 0. The van der Waals surface area contributed by atoms with Crippen molar-refractivity contribution in [3.05, 3.63) is 36.0 Å². The summed E-state index contributed by atoms with van der Waals surface area (Å²) in [5.74, 6) is -2.18. The Bertz CT molecular complexity index is 533. The van der Waals surface area contributed by atoms with Crippen LogP contribution in [-0.4, -0.2) is 49.1 Å². The number of benzene rings is 1. The maximum atomic E-state index is 11.0. The minimum Gasteiger partial charge on any atom is -0.475 e. The van der Waals surface area contributed by atoms with Gasteiger partial charge < -0.3 is 10.1 Å². The maximum Gasteiger partial charge on any atom is 0.372 e. The molecule has 1 aromatic carbocycles. The third-order valence-electron chi connectivity index (χ3n) is 2.26. The molecule has 2 aromatic rings. The Labute approximate surface area is 112 Å². The SMILES string of the molecule is O=C(O)C(=O)Cc1c[nH]c2ccccc12.[Pb]. The van der Waals surface area contributed by atoms with Gasteiger partial charge in [0.1, 0.15) is 0 Å². The number of hydrogen-bond donors (Lipinski definition) is 2. The van der Waals surface area contributed by atoms with Crippen LogP contribution in [0.3, 0.4) is 0 Å². The van der Waals surface area contributed by atoms with E-state index in [1.54, 1.807) is 6.20 Å². The zero-order valence-corrected chi connectivity index (χ0v) is 12.2. The molecule has 2 N–H and O–H groups in total. The number of rotatable bonds is 3. The monoisotopic (exact) mass is 411 g/mol. The molecule has 0 saturated heterocycles. The molecule has 0 aliphatic rings. The van der Waals surface area contributed by atoms with Crippen LogP contribution >= 0.6 is 0 Å². The average Bonchev–Trinajstić information content (AvgIpc) is 2.62. The largest absolute Gasteiger partial charge is 0.475 e. The molecule has 4 nitrogen and oxygen atoms in total. The molecular formula is C11H9NO3Pb. The molecule has 80 valence electrons. The fourth-order valence-corrected chi connectivity index (χ4v) is 1.53. The molecule has 0 aliphatic carbocycles. The van der Waals surface area contributed by atoms with Gasteiger partial charge in [-0.3, -0.25) is 4.79 Å². The van der Waals surface area contributed by atoms with E-state index in [1.165, 1.54) is 0 Å². The first-order valence-corrected chi connectivity index (χ1v) is 4.49. The van der Waals surface area contributed by atoms with Crippen LogP contribution in [0.1, 0.15) is 5.56 Å². The van der Waals surface area contributed by atoms with Crippen LogP contribution in [0.5, 0.6) is 0 Å². The fourth-order valence-electron chi connectivity index (χ4n) is 1.53. The minimum atomic E-state index is -1.39. The van der Waals surface area contributed by atoms with Crippen LogP contribution in [0, 0.1) is 0 Å². The summed E-state index contributed by atoms with van der Waals surface area (Å²) in [4.78, 5) is 24.4. The molecule has 0 atom stereocenters. The summed E-state index contributed by atoms with van der Waals surface area (Å²) in [7, 11) is 0. The van der Waals surface area contributed by atoms with Crippen LogP contribution in [-0.2, 0) is 16.0 Å². The Morgan fingerprint density at radius 2 is 1.94 bits per heavy atom. The van der Waals surface area contributed by atoms with Gasteiger partial charge in [0, 0.05) is 50.8 Å². The first kappa shape index (κ1) is 12.9. The van der Waals surface area contributed by atoms with E-state index in [1.807, 2.05) is 24.3 Å². The second-order valence-corrected chi connectivity index (χ2v) is 3.26. The molecule has 0 unspecified atom stereocenters. The van der Waals surface area contributed by atoms with E-state index in [0.717, 1.165) is 16.5 Å². The summed E-state index contributed by atoms with van der Waals surface area (Å²) in [6, 6.07) is 7.47. The number of carbonyl (C=O) groups excluding carboxylic acids is 1. The van der Waals surface area contributed by atoms with Gasteiger partial charge in [-0.15, -0.1) is 0 Å². The van der Waals surface area contributed by atoms with Gasteiger partial charge in [-0.1, -0.05) is 18.2 Å². The van der Waals surface area contributed by atoms with Crippen molar-refractivity contribution in [2.45, 2.75) is 6.42 Å². The van der Waals surface area contributed by atoms with E-state index in [2.05, 4.69) is 4.98 Å². The van der Waals surface area contributed by atoms with Crippen molar-refractivity contribution >= 4 is 50.0 Å². The fraction of sp³-hybridized carbons (Fsp3) is 0.0909. The van der Waals surface area contributed by atoms with Gasteiger partial charge in [-0.25, -0.2) is 4.79 Å². The Balaban J connectivity index is 0.00000128. The number of ketones is 1. The van der Waals surface area contributed by atoms with Crippen molar-refractivity contribution < 1.29 is 14.7 Å². The molecular weight excluding hydrogens is 401 g/mol. The number of Topliss-reactive ketones (excluding diaryl/α,β-unsaturated/α-hetero) is 1. The second kappa shape index (κ2) is 5.24. The zero-order valence-electron chi connectivity index (χ0n) is 8.36. The van der Waals surface area contributed by atoms with E-state index in [-0.39, 0.29) is 33.7 Å². The number of carboxylic acid groups (broad SMARTS) is 1. The van der Waals surface area contributed by atoms with Gasteiger partial charge >= 0.3 is 5.97 Å². The molecule has 5 heteroatoms. The van der Waals surface area contributed by atoms with Crippen LogP contribution < -0.4 is 0 Å². The number of aromatic nitrogens is 1. The molecule has 1 aromatic heterocycles. The Hall–Kier alpha value is -1.18. The molecule has 4 radical (unpaired) electrons. The number of carboxylic acids is 1. The summed E-state index contributed by atoms with van der Waals surface area (Å²) in [5, 5.41) is 9.39. The first-order chi connectivity index (χ1) is 7.18. The van der Waals surface area contributed by atoms with Crippen molar-refractivity contribution in [1.82, 2.24) is 4.98 Å².